The van der Waals surface area contributed by atoms with Crippen molar-refractivity contribution in [2.24, 2.45) is 5.92 Å². The van der Waals surface area contributed by atoms with E-state index in [0.29, 0.717) is 6.04 Å². The van der Waals surface area contributed by atoms with Crippen molar-refractivity contribution in [3.8, 4) is 0 Å². The predicted octanol–water partition coefficient (Wildman–Crippen LogP) is 0.993. The second-order valence-corrected chi connectivity index (χ2v) is 6.44. The molecule has 0 amide bonds. The molecular formula is C14H26N5+. The zero-order valence-electron chi connectivity index (χ0n) is 12.0. The first-order valence-electron chi connectivity index (χ1n) is 7.93. The molecular weight excluding hydrogens is 238 g/mol. The maximum atomic E-state index is 4.29. The van der Waals surface area contributed by atoms with Crippen molar-refractivity contribution in [2.45, 2.75) is 64.5 Å². The molecule has 1 saturated heterocycles. The Morgan fingerprint density at radius 1 is 1.11 bits per heavy atom. The minimum absolute atomic E-state index is 0.557. The van der Waals surface area contributed by atoms with E-state index in [1.165, 1.54) is 58.0 Å². The van der Waals surface area contributed by atoms with Crippen LogP contribution in [-0.2, 0) is 6.54 Å². The van der Waals surface area contributed by atoms with Crippen molar-refractivity contribution in [1.82, 2.24) is 20.2 Å². The summed E-state index contributed by atoms with van der Waals surface area (Å²) in [6.45, 7) is 5.93. The summed E-state index contributed by atoms with van der Waals surface area (Å²) < 4.78 is 2.13. The first kappa shape index (κ1) is 13.0. The lowest BCUT2D eigenvalue weighted by Crippen LogP contribution is -3.11. The van der Waals surface area contributed by atoms with Crippen molar-refractivity contribution in [2.75, 3.05) is 13.1 Å². The van der Waals surface area contributed by atoms with E-state index < -0.39 is 0 Å². The molecule has 0 bridgehead atoms. The standard InChI is InChI=1S/C14H25N5/c1-12-7-9-18(10-8-12)11-14-15-16-17-19(14)13-5-3-2-4-6-13/h12-13H,2-11H2,1H3/p+1. The Morgan fingerprint density at radius 3 is 2.58 bits per heavy atom. The smallest absolute Gasteiger partial charge is 0.206 e. The van der Waals surface area contributed by atoms with E-state index in [-0.39, 0.29) is 0 Å². The molecule has 1 aromatic heterocycles. The molecule has 0 aromatic carbocycles. The number of hydrogen-bond acceptors (Lipinski definition) is 3. The SMILES string of the molecule is CC1CC[NH+](Cc2nnnn2C2CCCCC2)CC1. The summed E-state index contributed by atoms with van der Waals surface area (Å²) in [7, 11) is 0. The van der Waals surface area contributed by atoms with Gasteiger partial charge in [0.05, 0.1) is 19.1 Å². The summed E-state index contributed by atoms with van der Waals surface area (Å²) in [6, 6.07) is 0.557. The molecule has 5 nitrogen and oxygen atoms in total. The van der Waals surface area contributed by atoms with Crippen molar-refractivity contribution in [1.29, 1.82) is 0 Å². The summed E-state index contributed by atoms with van der Waals surface area (Å²) in [5, 5.41) is 12.5. The fourth-order valence-corrected chi connectivity index (χ4v) is 3.51. The highest BCUT2D eigenvalue weighted by atomic mass is 15.6. The average molecular weight is 264 g/mol. The molecule has 0 atom stereocenters. The van der Waals surface area contributed by atoms with Gasteiger partial charge < -0.3 is 4.90 Å². The van der Waals surface area contributed by atoms with Gasteiger partial charge in [-0.05, 0) is 42.0 Å². The predicted molar refractivity (Wildman–Crippen MR) is 72.7 cm³/mol. The normalized spacial score (nSPS) is 29.5. The molecule has 2 fully saturated rings. The van der Waals surface area contributed by atoms with Crippen LogP contribution in [0.1, 0.15) is 63.7 Å². The topological polar surface area (TPSA) is 48.0 Å². The summed E-state index contributed by atoms with van der Waals surface area (Å²) >= 11 is 0. The molecule has 3 rings (SSSR count). The lowest BCUT2D eigenvalue weighted by atomic mass is 9.95. The number of hydrogen-bond donors (Lipinski definition) is 1. The molecule has 1 aromatic rings. The van der Waals surface area contributed by atoms with Crippen LogP contribution in [0.4, 0.5) is 0 Å². The number of piperidine rings is 1. The highest BCUT2D eigenvalue weighted by Crippen LogP contribution is 2.27. The van der Waals surface area contributed by atoms with Crippen LogP contribution in [0.3, 0.4) is 0 Å². The lowest BCUT2D eigenvalue weighted by Gasteiger charge is -2.28. The summed E-state index contributed by atoms with van der Waals surface area (Å²) in [5.41, 5.74) is 0. The average Bonchev–Trinajstić information content (AvgIpc) is 2.90. The maximum absolute atomic E-state index is 4.29. The van der Waals surface area contributed by atoms with Crippen LogP contribution in [0.15, 0.2) is 0 Å². The molecule has 106 valence electrons. The number of tetrazole rings is 1. The van der Waals surface area contributed by atoms with Gasteiger partial charge in [-0.2, -0.15) is 0 Å². The van der Waals surface area contributed by atoms with Crippen LogP contribution in [-0.4, -0.2) is 33.3 Å². The highest BCUT2D eigenvalue weighted by molar-refractivity contribution is 4.83. The number of likely N-dealkylation sites (tertiary alicyclic amines) is 1. The molecule has 0 spiro atoms. The van der Waals surface area contributed by atoms with Crippen LogP contribution < -0.4 is 4.90 Å². The van der Waals surface area contributed by atoms with Gasteiger partial charge in [-0.3, -0.25) is 0 Å². The minimum Gasteiger partial charge on any atom is -0.329 e. The van der Waals surface area contributed by atoms with Crippen LogP contribution in [0, 0.1) is 5.92 Å². The second kappa shape index (κ2) is 5.99. The highest BCUT2D eigenvalue weighted by Gasteiger charge is 2.24. The third-order valence-electron chi connectivity index (χ3n) is 4.87. The zero-order valence-corrected chi connectivity index (χ0v) is 12.0. The first-order chi connectivity index (χ1) is 9.33. The molecule has 0 unspecified atom stereocenters. The molecule has 1 aliphatic carbocycles. The number of nitrogens with one attached hydrogen (secondary N) is 1. The Balaban J connectivity index is 1.63. The number of rotatable bonds is 3. The van der Waals surface area contributed by atoms with Gasteiger partial charge in [-0.15, -0.1) is 5.10 Å². The van der Waals surface area contributed by atoms with E-state index in [2.05, 4.69) is 27.1 Å². The Labute approximate surface area is 115 Å². The fourth-order valence-electron chi connectivity index (χ4n) is 3.51. The molecule has 19 heavy (non-hydrogen) atoms. The van der Waals surface area contributed by atoms with Crippen LogP contribution in [0.2, 0.25) is 0 Å². The third-order valence-corrected chi connectivity index (χ3v) is 4.87. The monoisotopic (exact) mass is 264 g/mol. The van der Waals surface area contributed by atoms with Crippen LogP contribution >= 0.6 is 0 Å². The van der Waals surface area contributed by atoms with E-state index in [4.69, 9.17) is 0 Å². The van der Waals surface area contributed by atoms with Gasteiger partial charge >= 0.3 is 0 Å². The van der Waals surface area contributed by atoms with Gasteiger partial charge in [0.15, 0.2) is 0 Å². The molecule has 2 heterocycles. The first-order valence-corrected chi connectivity index (χ1v) is 7.93. The van der Waals surface area contributed by atoms with Crippen LogP contribution in [0.5, 0.6) is 0 Å². The van der Waals surface area contributed by atoms with E-state index in [1.807, 2.05) is 0 Å². The quantitative estimate of drug-likeness (QED) is 0.886. The van der Waals surface area contributed by atoms with E-state index >= 15 is 0 Å². The van der Waals surface area contributed by atoms with Gasteiger partial charge in [-0.25, -0.2) is 4.68 Å². The zero-order chi connectivity index (χ0) is 13.1. The van der Waals surface area contributed by atoms with Gasteiger partial charge in [-0.1, -0.05) is 26.2 Å². The van der Waals surface area contributed by atoms with Crippen LogP contribution in [0.25, 0.3) is 0 Å². The van der Waals surface area contributed by atoms with E-state index in [1.54, 1.807) is 4.90 Å². The van der Waals surface area contributed by atoms with E-state index in [0.717, 1.165) is 18.3 Å². The molecule has 5 heteroatoms. The molecule has 1 N–H and O–H groups in total. The van der Waals surface area contributed by atoms with Crippen molar-refractivity contribution in [3.05, 3.63) is 5.82 Å². The summed E-state index contributed by atoms with van der Waals surface area (Å²) in [5.74, 6) is 2.01. The Morgan fingerprint density at radius 2 is 1.84 bits per heavy atom. The third kappa shape index (κ3) is 3.14. The number of quaternary nitrogens is 1. The molecule has 1 saturated carbocycles. The van der Waals surface area contributed by atoms with Crippen molar-refractivity contribution >= 4 is 0 Å². The van der Waals surface area contributed by atoms with Gasteiger partial charge in [0.25, 0.3) is 0 Å². The van der Waals surface area contributed by atoms with Crippen molar-refractivity contribution < 1.29 is 4.90 Å². The van der Waals surface area contributed by atoms with E-state index in [9.17, 15) is 0 Å². The van der Waals surface area contributed by atoms with Gasteiger partial charge in [0.1, 0.15) is 6.54 Å². The molecule has 0 radical (unpaired) electrons. The Hall–Kier alpha value is -0.970. The Bertz CT molecular complexity index is 388. The fraction of sp³-hybridized carbons (Fsp3) is 0.929. The summed E-state index contributed by atoms with van der Waals surface area (Å²) in [6.07, 6.45) is 9.24. The largest absolute Gasteiger partial charge is 0.329 e. The summed E-state index contributed by atoms with van der Waals surface area (Å²) in [4.78, 5) is 1.66. The number of nitrogens with zero attached hydrogens (tertiary/aromatic N) is 4. The van der Waals surface area contributed by atoms with Gasteiger partial charge in [0, 0.05) is 0 Å². The second-order valence-electron chi connectivity index (χ2n) is 6.44. The number of aromatic nitrogens is 4. The Kier molecular flexibility index (Phi) is 4.11. The maximum Gasteiger partial charge on any atom is 0.206 e. The molecule has 2 aliphatic rings. The van der Waals surface area contributed by atoms with Crippen molar-refractivity contribution in [3.63, 3.8) is 0 Å². The lowest BCUT2D eigenvalue weighted by molar-refractivity contribution is -0.920. The van der Waals surface area contributed by atoms with Gasteiger partial charge in [0.2, 0.25) is 5.82 Å². The molecule has 1 aliphatic heterocycles. The minimum atomic E-state index is 0.557.